The van der Waals surface area contributed by atoms with Crippen LogP contribution < -0.4 is 0 Å². The highest BCUT2D eigenvalue weighted by Crippen LogP contribution is 2.36. The average Bonchev–Trinajstić information content (AvgIpc) is 3.34. The van der Waals surface area contributed by atoms with E-state index in [0.29, 0.717) is 22.9 Å². The van der Waals surface area contributed by atoms with Crippen molar-refractivity contribution >= 4 is 23.1 Å². The molecule has 0 saturated carbocycles. The van der Waals surface area contributed by atoms with E-state index in [0.717, 1.165) is 16.2 Å². The van der Waals surface area contributed by atoms with Crippen LogP contribution in [0.1, 0.15) is 23.8 Å². The Labute approximate surface area is 145 Å². The van der Waals surface area contributed by atoms with Crippen LogP contribution in [0, 0.1) is 6.92 Å². The van der Waals surface area contributed by atoms with Crippen molar-refractivity contribution in [2.45, 2.75) is 24.3 Å². The molecule has 0 fully saturated rings. The van der Waals surface area contributed by atoms with Gasteiger partial charge in [0.15, 0.2) is 0 Å². The van der Waals surface area contributed by atoms with E-state index in [9.17, 15) is 0 Å². The predicted octanol–water partition coefficient (Wildman–Crippen LogP) is 4.60. The van der Waals surface area contributed by atoms with Crippen molar-refractivity contribution in [2.24, 2.45) is 0 Å². The fourth-order valence-corrected chi connectivity index (χ4v) is 3.43. The summed E-state index contributed by atoms with van der Waals surface area (Å²) in [6.07, 6.45) is 1.59. The van der Waals surface area contributed by atoms with Crippen molar-refractivity contribution < 1.29 is 13.3 Å². The van der Waals surface area contributed by atoms with Gasteiger partial charge in [-0.3, -0.25) is 0 Å². The number of rotatable bonds is 5. The third kappa shape index (κ3) is 2.87. The Hall–Kier alpha value is -2.39. The molecule has 0 spiro atoms. The van der Waals surface area contributed by atoms with Crippen molar-refractivity contribution in [1.29, 1.82) is 0 Å². The van der Waals surface area contributed by atoms with Gasteiger partial charge in [0.25, 0.3) is 17.0 Å². The number of furan rings is 1. The Morgan fingerprint density at radius 3 is 2.71 bits per heavy atom. The highest BCUT2D eigenvalue weighted by atomic mass is 32.2. The number of aromatic nitrogens is 4. The van der Waals surface area contributed by atoms with Gasteiger partial charge >= 0.3 is 0 Å². The van der Waals surface area contributed by atoms with Gasteiger partial charge in [-0.25, -0.2) is 0 Å². The summed E-state index contributed by atoms with van der Waals surface area (Å²) in [6.45, 7) is 3.79. The largest absolute Gasteiger partial charge is 0.469 e. The van der Waals surface area contributed by atoms with E-state index in [1.807, 2.05) is 31.4 Å². The van der Waals surface area contributed by atoms with E-state index in [2.05, 4.69) is 20.4 Å². The van der Waals surface area contributed by atoms with Crippen LogP contribution >= 0.6 is 23.1 Å². The van der Waals surface area contributed by atoms with Crippen molar-refractivity contribution in [3.8, 4) is 22.2 Å². The highest BCUT2D eigenvalue weighted by molar-refractivity contribution is 7.99. The number of aryl methyl sites for hydroxylation is 1. The van der Waals surface area contributed by atoms with Gasteiger partial charge in [0.1, 0.15) is 5.76 Å². The maximum atomic E-state index is 5.72. The van der Waals surface area contributed by atoms with Crippen LogP contribution in [0.5, 0.6) is 0 Å². The monoisotopic (exact) mass is 360 g/mol. The van der Waals surface area contributed by atoms with Crippen molar-refractivity contribution in [1.82, 2.24) is 20.4 Å². The zero-order valence-corrected chi connectivity index (χ0v) is 14.4. The summed E-state index contributed by atoms with van der Waals surface area (Å²) >= 11 is 2.92. The lowest BCUT2D eigenvalue weighted by atomic mass is 10.3. The normalized spacial score (nSPS) is 12.6. The first-order valence-corrected chi connectivity index (χ1v) is 8.88. The zero-order chi connectivity index (χ0) is 16.5. The predicted molar refractivity (Wildman–Crippen MR) is 88.6 cm³/mol. The Balaban J connectivity index is 1.49. The zero-order valence-electron chi connectivity index (χ0n) is 12.8. The minimum atomic E-state index is -0.107. The Morgan fingerprint density at radius 2 is 1.96 bits per heavy atom. The Morgan fingerprint density at radius 1 is 1.08 bits per heavy atom. The summed E-state index contributed by atoms with van der Waals surface area (Å²) in [6, 6.07) is 5.68. The molecule has 0 aliphatic carbocycles. The quantitative estimate of drug-likeness (QED) is 0.477. The molecule has 4 heterocycles. The topological polar surface area (TPSA) is 91.0 Å². The molecule has 0 aromatic carbocycles. The second-order valence-electron chi connectivity index (χ2n) is 4.95. The van der Waals surface area contributed by atoms with Crippen LogP contribution in [0.2, 0.25) is 0 Å². The Bertz CT molecular complexity index is 942. The second kappa shape index (κ2) is 6.25. The smallest absolute Gasteiger partial charge is 0.277 e. The first-order chi connectivity index (χ1) is 11.7. The minimum absolute atomic E-state index is 0.107. The van der Waals surface area contributed by atoms with Gasteiger partial charge in [0.05, 0.1) is 22.0 Å². The molecule has 122 valence electrons. The first-order valence-electron chi connectivity index (χ1n) is 7.12. The average molecular weight is 360 g/mol. The molecule has 9 heteroatoms. The molecule has 1 atom stereocenters. The lowest BCUT2D eigenvalue weighted by molar-refractivity contribution is 0.459. The van der Waals surface area contributed by atoms with E-state index in [1.165, 1.54) is 11.8 Å². The summed E-state index contributed by atoms with van der Waals surface area (Å²) in [7, 11) is 0. The maximum absolute atomic E-state index is 5.72. The minimum Gasteiger partial charge on any atom is -0.469 e. The SMILES string of the molecule is Cc1occc1-c1nnc(S[C@H](C)c2nnc(-c3cccs3)o2)o1. The van der Waals surface area contributed by atoms with Gasteiger partial charge in [0.2, 0.25) is 5.89 Å². The summed E-state index contributed by atoms with van der Waals surface area (Å²) in [5.41, 5.74) is 0.791. The fraction of sp³-hybridized carbons (Fsp3) is 0.200. The van der Waals surface area contributed by atoms with Crippen LogP contribution in [-0.4, -0.2) is 20.4 Å². The van der Waals surface area contributed by atoms with E-state index in [-0.39, 0.29) is 5.25 Å². The van der Waals surface area contributed by atoms with Crippen molar-refractivity contribution in [3.05, 3.63) is 41.5 Å². The van der Waals surface area contributed by atoms with E-state index in [1.54, 1.807) is 23.7 Å². The standard InChI is InChI=1S/C15H12N4O3S2/c1-8-10(5-6-20-8)13-17-19-15(22-13)24-9(2)12-16-18-14(21-12)11-4-3-7-23-11/h3-7,9H,1-2H3/t9-/m1/s1. The molecule has 0 N–H and O–H groups in total. The van der Waals surface area contributed by atoms with E-state index >= 15 is 0 Å². The Kier molecular flexibility index (Phi) is 3.95. The summed E-state index contributed by atoms with van der Waals surface area (Å²) in [4.78, 5) is 0.946. The van der Waals surface area contributed by atoms with Crippen LogP contribution in [-0.2, 0) is 0 Å². The van der Waals surface area contributed by atoms with Gasteiger partial charge in [-0.05, 0) is 31.4 Å². The molecule has 0 aliphatic rings. The molecule has 4 aromatic rings. The lowest BCUT2D eigenvalue weighted by Gasteiger charge is -2.01. The molecule has 4 rings (SSSR count). The summed E-state index contributed by atoms with van der Waals surface area (Å²) in [5.74, 6) is 2.21. The number of hydrogen-bond acceptors (Lipinski definition) is 9. The highest BCUT2D eigenvalue weighted by Gasteiger charge is 2.20. The van der Waals surface area contributed by atoms with Gasteiger partial charge in [0, 0.05) is 0 Å². The lowest BCUT2D eigenvalue weighted by Crippen LogP contribution is -1.88. The van der Waals surface area contributed by atoms with E-state index in [4.69, 9.17) is 13.3 Å². The van der Waals surface area contributed by atoms with Gasteiger partial charge < -0.3 is 13.3 Å². The molecule has 4 aromatic heterocycles. The summed E-state index contributed by atoms with van der Waals surface area (Å²) < 4.78 is 16.6. The third-order valence-electron chi connectivity index (χ3n) is 3.29. The maximum Gasteiger partial charge on any atom is 0.277 e. The van der Waals surface area contributed by atoms with Gasteiger partial charge in [-0.2, -0.15) is 0 Å². The molecular formula is C15H12N4O3S2. The number of thioether (sulfide) groups is 1. The van der Waals surface area contributed by atoms with E-state index < -0.39 is 0 Å². The molecule has 0 bridgehead atoms. The molecule has 0 amide bonds. The van der Waals surface area contributed by atoms with Crippen LogP contribution in [0.25, 0.3) is 22.2 Å². The van der Waals surface area contributed by atoms with Gasteiger partial charge in [-0.15, -0.1) is 31.7 Å². The molecule has 0 radical (unpaired) electrons. The third-order valence-corrected chi connectivity index (χ3v) is 5.07. The van der Waals surface area contributed by atoms with Crippen LogP contribution in [0.3, 0.4) is 0 Å². The van der Waals surface area contributed by atoms with Crippen LogP contribution in [0.4, 0.5) is 0 Å². The number of thiophene rings is 1. The molecule has 0 saturated heterocycles. The second-order valence-corrected chi connectivity index (χ2v) is 7.19. The number of nitrogens with zero attached hydrogens (tertiary/aromatic N) is 4. The fourth-order valence-electron chi connectivity index (χ4n) is 2.07. The number of hydrogen-bond donors (Lipinski definition) is 0. The van der Waals surface area contributed by atoms with Crippen LogP contribution in [0.15, 0.2) is 48.3 Å². The molecule has 0 unspecified atom stereocenters. The molecule has 7 nitrogen and oxygen atoms in total. The van der Waals surface area contributed by atoms with Crippen molar-refractivity contribution in [2.75, 3.05) is 0 Å². The van der Waals surface area contributed by atoms with Crippen molar-refractivity contribution in [3.63, 3.8) is 0 Å². The molecular weight excluding hydrogens is 348 g/mol. The first kappa shape index (κ1) is 15.2. The van der Waals surface area contributed by atoms with Gasteiger partial charge in [-0.1, -0.05) is 17.8 Å². The molecule has 24 heavy (non-hydrogen) atoms. The molecule has 0 aliphatic heterocycles. The summed E-state index contributed by atoms with van der Waals surface area (Å²) in [5, 5.41) is 18.6.